The molecule has 22 heavy (non-hydrogen) atoms. The number of hydrogen-bond acceptors (Lipinski definition) is 4. The van der Waals surface area contributed by atoms with Gasteiger partial charge in [0.05, 0.1) is 5.56 Å². The molecule has 3 rings (SSSR count). The normalized spacial score (nSPS) is 14.5. The first-order valence-electron chi connectivity index (χ1n) is 8.17. The van der Waals surface area contributed by atoms with Crippen LogP contribution in [0.3, 0.4) is 0 Å². The smallest absolute Gasteiger partial charge is 0.339 e. The Morgan fingerprint density at radius 1 is 1.14 bits per heavy atom. The summed E-state index contributed by atoms with van der Waals surface area (Å²) < 4.78 is 5.62. The van der Waals surface area contributed by atoms with Crippen LogP contribution < -0.4 is 5.63 Å². The third-order valence-corrected chi connectivity index (χ3v) is 4.75. The SMILES string of the molecule is CCN(CC)Cc1c(O)ccc2c3c(c(=O)oc12)CCCC3. The highest BCUT2D eigenvalue weighted by Gasteiger charge is 2.21. The van der Waals surface area contributed by atoms with Crippen LogP contribution in [0, 0.1) is 0 Å². The number of phenolic OH excluding ortho intramolecular Hbond substituents is 1. The molecule has 1 N–H and O–H groups in total. The molecular weight excluding hydrogens is 278 g/mol. The number of benzene rings is 1. The van der Waals surface area contributed by atoms with E-state index in [9.17, 15) is 9.90 Å². The van der Waals surface area contributed by atoms with E-state index >= 15 is 0 Å². The molecule has 4 nitrogen and oxygen atoms in total. The summed E-state index contributed by atoms with van der Waals surface area (Å²) in [5.41, 5.74) is 3.02. The highest BCUT2D eigenvalue weighted by atomic mass is 16.4. The van der Waals surface area contributed by atoms with E-state index in [0.29, 0.717) is 12.1 Å². The molecule has 0 amide bonds. The lowest BCUT2D eigenvalue weighted by Gasteiger charge is -2.21. The maximum Gasteiger partial charge on any atom is 0.339 e. The topological polar surface area (TPSA) is 53.7 Å². The van der Waals surface area contributed by atoms with E-state index in [0.717, 1.165) is 60.8 Å². The van der Waals surface area contributed by atoms with Gasteiger partial charge in [-0.05, 0) is 56.5 Å². The molecule has 0 saturated heterocycles. The third-order valence-electron chi connectivity index (χ3n) is 4.75. The van der Waals surface area contributed by atoms with Gasteiger partial charge in [-0.1, -0.05) is 13.8 Å². The summed E-state index contributed by atoms with van der Waals surface area (Å²) in [6.07, 6.45) is 3.89. The molecule has 1 aliphatic carbocycles. The Balaban J connectivity index is 2.22. The van der Waals surface area contributed by atoms with E-state index < -0.39 is 0 Å². The van der Waals surface area contributed by atoms with Crippen molar-refractivity contribution in [2.75, 3.05) is 13.1 Å². The Hall–Kier alpha value is -1.81. The molecule has 1 aromatic heterocycles. The largest absolute Gasteiger partial charge is 0.507 e. The summed E-state index contributed by atoms with van der Waals surface area (Å²) >= 11 is 0. The fourth-order valence-electron chi connectivity index (χ4n) is 3.38. The van der Waals surface area contributed by atoms with Crippen LogP contribution in [-0.4, -0.2) is 23.1 Å². The van der Waals surface area contributed by atoms with Gasteiger partial charge in [-0.25, -0.2) is 4.79 Å². The van der Waals surface area contributed by atoms with E-state index in [4.69, 9.17) is 4.42 Å². The average molecular weight is 301 g/mol. The van der Waals surface area contributed by atoms with Gasteiger partial charge in [0.2, 0.25) is 0 Å². The van der Waals surface area contributed by atoms with E-state index in [1.807, 2.05) is 6.07 Å². The van der Waals surface area contributed by atoms with Gasteiger partial charge in [0, 0.05) is 17.5 Å². The predicted octanol–water partition coefficient (Wildman–Crippen LogP) is 3.22. The van der Waals surface area contributed by atoms with Crippen molar-refractivity contribution in [3.8, 4) is 5.75 Å². The molecule has 0 spiro atoms. The van der Waals surface area contributed by atoms with Crippen LogP contribution in [0.4, 0.5) is 0 Å². The van der Waals surface area contributed by atoms with E-state index in [-0.39, 0.29) is 11.4 Å². The summed E-state index contributed by atoms with van der Waals surface area (Å²) in [6, 6.07) is 3.62. The minimum absolute atomic E-state index is 0.207. The fraction of sp³-hybridized carbons (Fsp3) is 0.500. The zero-order valence-electron chi connectivity index (χ0n) is 13.3. The van der Waals surface area contributed by atoms with Gasteiger partial charge < -0.3 is 9.52 Å². The second kappa shape index (κ2) is 6.13. The van der Waals surface area contributed by atoms with Crippen molar-refractivity contribution in [1.29, 1.82) is 0 Å². The lowest BCUT2D eigenvalue weighted by molar-refractivity contribution is 0.290. The van der Waals surface area contributed by atoms with Crippen molar-refractivity contribution in [2.45, 2.75) is 46.1 Å². The molecule has 0 atom stereocenters. The minimum Gasteiger partial charge on any atom is -0.507 e. The van der Waals surface area contributed by atoms with Crippen molar-refractivity contribution >= 4 is 11.0 Å². The quantitative estimate of drug-likeness (QED) is 0.881. The minimum atomic E-state index is -0.228. The monoisotopic (exact) mass is 301 g/mol. The molecule has 4 heteroatoms. The molecule has 0 saturated carbocycles. The fourth-order valence-corrected chi connectivity index (χ4v) is 3.38. The molecule has 1 aliphatic rings. The van der Waals surface area contributed by atoms with E-state index in [1.54, 1.807) is 6.07 Å². The summed E-state index contributed by atoms with van der Waals surface area (Å²) in [5.74, 6) is 0.207. The maximum absolute atomic E-state index is 12.3. The summed E-state index contributed by atoms with van der Waals surface area (Å²) in [5, 5.41) is 11.2. The lowest BCUT2D eigenvalue weighted by atomic mass is 9.90. The Bertz CT molecular complexity index is 744. The Labute approximate surface area is 130 Å². The Morgan fingerprint density at radius 2 is 1.82 bits per heavy atom. The first-order chi connectivity index (χ1) is 10.7. The maximum atomic E-state index is 12.3. The first-order valence-corrected chi connectivity index (χ1v) is 8.17. The highest BCUT2D eigenvalue weighted by molar-refractivity contribution is 5.86. The number of aryl methyl sites for hydroxylation is 1. The molecule has 0 unspecified atom stereocenters. The van der Waals surface area contributed by atoms with Crippen molar-refractivity contribution < 1.29 is 9.52 Å². The molecule has 0 bridgehead atoms. The second-order valence-electron chi connectivity index (χ2n) is 5.96. The zero-order valence-corrected chi connectivity index (χ0v) is 13.3. The van der Waals surface area contributed by atoms with Crippen molar-refractivity contribution in [1.82, 2.24) is 4.90 Å². The molecule has 0 fully saturated rings. The van der Waals surface area contributed by atoms with Crippen LogP contribution in [0.2, 0.25) is 0 Å². The molecule has 0 aliphatic heterocycles. The summed E-state index contributed by atoms with van der Waals surface area (Å²) in [6.45, 7) is 6.55. The number of nitrogens with zero attached hydrogens (tertiary/aromatic N) is 1. The first kappa shape index (κ1) is 15.1. The van der Waals surface area contributed by atoms with Crippen molar-refractivity contribution in [2.24, 2.45) is 0 Å². The van der Waals surface area contributed by atoms with Crippen LogP contribution in [0.25, 0.3) is 11.0 Å². The molecule has 0 radical (unpaired) electrons. The van der Waals surface area contributed by atoms with Crippen molar-refractivity contribution in [3.63, 3.8) is 0 Å². The van der Waals surface area contributed by atoms with Gasteiger partial charge in [0.25, 0.3) is 0 Å². The van der Waals surface area contributed by atoms with E-state index in [1.165, 1.54) is 0 Å². The molecule has 118 valence electrons. The highest BCUT2D eigenvalue weighted by Crippen LogP contribution is 2.33. The summed E-state index contributed by atoms with van der Waals surface area (Å²) in [4.78, 5) is 14.5. The van der Waals surface area contributed by atoms with Gasteiger partial charge >= 0.3 is 5.63 Å². The number of hydrogen-bond donors (Lipinski definition) is 1. The standard InChI is InChI=1S/C18H23NO3/c1-3-19(4-2)11-15-16(20)10-9-13-12-7-5-6-8-14(12)18(21)22-17(13)15/h9-10,20H,3-8,11H2,1-2H3. The second-order valence-corrected chi connectivity index (χ2v) is 5.96. The van der Waals surface area contributed by atoms with E-state index in [2.05, 4.69) is 18.7 Å². The molecule has 1 aromatic carbocycles. The molecule has 1 heterocycles. The van der Waals surface area contributed by atoms with Gasteiger partial charge in [0.1, 0.15) is 11.3 Å². The summed E-state index contributed by atoms with van der Waals surface area (Å²) in [7, 11) is 0. The van der Waals surface area contributed by atoms with Gasteiger partial charge in [0.15, 0.2) is 0 Å². The van der Waals surface area contributed by atoms with Gasteiger partial charge in [-0.2, -0.15) is 0 Å². The lowest BCUT2D eigenvalue weighted by Crippen LogP contribution is -2.23. The number of fused-ring (bicyclic) bond motifs is 3. The predicted molar refractivity (Wildman–Crippen MR) is 87.4 cm³/mol. The number of aromatic hydroxyl groups is 1. The van der Waals surface area contributed by atoms with Crippen molar-refractivity contribution in [3.05, 3.63) is 39.2 Å². The Kier molecular flexibility index (Phi) is 4.21. The van der Waals surface area contributed by atoms with Crippen LogP contribution in [0.5, 0.6) is 5.75 Å². The number of rotatable bonds is 4. The average Bonchev–Trinajstić information content (AvgIpc) is 2.54. The van der Waals surface area contributed by atoms with Crippen LogP contribution in [-0.2, 0) is 19.4 Å². The molecular formula is C18H23NO3. The van der Waals surface area contributed by atoms with Crippen LogP contribution >= 0.6 is 0 Å². The third kappa shape index (κ3) is 2.52. The zero-order chi connectivity index (χ0) is 15.7. The van der Waals surface area contributed by atoms with Crippen LogP contribution in [0.1, 0.15) is 43.4 Å². The Morgan fingerprint density at radius 3 is 2.50 bits per heavy atom. The van der Waals surface area contributed by atoms with Crippen LogP contribution in [0.15, 0.2) is 21.3 Å². The number of phenols is 1. The van der Waals surface area contributed by atoms with Gasteiger partial charge in [-0.3, -0.25) is 4.90 Å². The molecule has 2 aromatic rings. The van der Waals surface area contributed by atoms with Gasteiger partial charge in [-0.15, -0.1) is 0 Å².